The number of anilines is 1. The van der Waals surface area contributed by atoms with E-state index in [0.717, 1.165) is 18.8 Å². The number of phenols is 1. The zero-order valence-corrected chi connectivity index (χ0v) is 10.8. The number of aliphatic hydroxyl groups excluding tert-OH is 1. The molecule has 0 saturated heterocycles. The van der Waals surface area contributed by atoms with Gasteiger partial charge in [-0.05, 0) is 26.0 Å². The normalized spacial score (nSPS) is 10.8. The molecule has 100 valence electrons. The van der Waals surface area contributed by atoms with Crippen molar-refractivity contribution in [1.82, 2.24) is 0 Å². The minimum atomic E-state index is -0.0791. The molecule has 0 unspecified atom stereocenters. The molecule has 0 spiro atoms. The summed E-state index contributed by atoms with van der Waals surface area (Å²) in [6.45, 7) is 5.99. The quantitative estimate of drug-likeness (QED) is 0.439. The number of phenolic OH excluding ortho intramolecular Hbond substituents is 1. The van der Waals surface area contributed by atoms with Crippen molar-refractivity contribution in [2.45, 2.75) is 13.8 Å². The van der Waals surface area contributed by atoms with Gasteiger partial charge in [-0.3, -0.25) is 0 Å². The lowest BCUT2D eigenvalue weighted by Crippen LogP contribution is -2.21. The molecule has 0 fully saturated rings. The Bertz CT molecular complexity index is 390. The number of aliphatic hydroxyl groups is 1. The largest absolute Gasteiger partial charge is 0.507 e. The highest BCUT2D eigenvalue weighted by atomic mass is 16.6. The first kappa shape index (κ1) is 14.3. The first-order valence-electron chi connectivity index (χ1n) is 6.07. The van der Waals surface area contributed by atoms with Crippen LogP contribution in [0.15, 0.2) is 23.4 Å². The van der Waals surface area contributed by atoms with E-state index in [2.05, 4.69) is 23.9 Å². The molecular weight excluding hydrogens is 232 g/mol. The van der Waals surface area contributed by atoms with Crippen LogP contribution in [0.1, 0.15) is 19.4 Å². The lowest BCUT2D eigenvalue weighted by atomic mass is 10.2. The summed E-state index contributed by atoms with van der Waals surface area (Å²) in [5, 5.41) is 22.0. The van der Waals surface area contributed by atoms with Gasteiger partial charge in [-0.15, -0.1) is 0 Å². The topological polar surface area (TPSA) is 65.3 Å². The zero-order valence-electron chi connectivity index (χ0n) is 10.8. The average Bonchev–Trinajstić information content (AvgIpc) is 2.38. The highest BCUT2D eigenvalue weighted by molar-refractivity contribution is 5.84. The van der Waals surface area contributed by atoms with Gasteiger partial charge in [0.05, 0.1) is 12.8 Å². The van der Waals surface area contributed by atoms with E-state index >= 15 is 0 Å². The Morgan fingerprint density at radius 2 is 2.06 bits per heavy atom. The monoisotopic (exact) mass is 252 g/mol. The number of benzene rings is 1. The maximum atomic E-state index is 9.86. The van der Waals surface area contributed by atoms with Crippen molar-refractivity contribution in [3.05, 3.63) is 23.8 Å². The molecule has 0 saturated carbocycles. The van der Waals surface area contributed by atoms with Crippen molar-refractivity contribution < 1.29 is 15.1 Å². The van der Waals surface area contributed by atoms with E-state index in [-0.39, 0.29) is 19.0 Å². The molecule has 18 heavy (non-hydrogen) atoms. The lowest BCUT2D eigenvalue weighted by Gasteiger charge is -2.21. The molecule has 0 aliphatic rings. The second-order valence-electron chi connectivity index (χ2n) is 3.71. The Labute approximate surface area is 107 Å². The smallest absolute Gasteiger partial charge is 0.140 e. The fraction of sp³-hybridized carbons (Fsp3) is 0.462. The molecule has 5 nitrogen and oxygen atoms in total. The maximum Gasteiger partial charge on any atom is 0.140 e. The van der Waals surface area contributed by atoms with Gasteiger partial charge in [0.25, 0.3) is 0 Å². The van der Waals surface area contributed by atoms with E-state index in [1.165, 1.54) is 6.21 Å². The van der Waals surface area contributed by atoms with Gasteiger partial charge in [0.2, 0.25) is 0 Å². The minimum Gasteiger partial charge on any atom is -0.507 e. The van der Waals surface area contributed by atoms with Gasteiger partial charge in [0.1, 0.15) is 12.4 Å². The number of oxime groups is 1. The molecule has 0 bridgehead atoms. The van der Waals surface area contributed by atoms with Crippen molar-refractivity contribution in [3.63, 3.8) is 0 Å². The van der Waals surface area contributed by atoms with Crippen LogP contribution in [-0.2, 0) is 4.84 Å². The molecule has 1 aromatic rings. The van der Waals surface area contributed by atoms with Gasteiger partial charge in [-0.1, -0.05) is 5.16 Å². The molecule has 5 heteroatoms. The highest BCUT2D eigenvalue weighted by Crippen LogP contribution is 2.23. The van der Waals surface area contributed by atoms with E-state index < -0.39 is 0 Å². The Hall–Kier alpha value is -1.75. The predicted molar refractivity (Wildman–Crippen MR) is 72.3 cm³/mol. The van der Waals surface area contributed by atoms with Crippen LogP contribution in [0, 0.1) is 0 Å². The molecule has 0 aliphatic carbocycles. The van der Waals surface area contributed by atoms with E-state index in [4.69, 9.17) is 9.94 Å². The summed E-state index contributed by atoms with van der Waals surface area (Å²) < 4.78 is 0. The Balaban J connectivity index is 2.76. The summed E-state index contributed by atoms with van der Waals surface area (Å²) in [7, 11) is 0. The number of hydrogen-bond acceptors (Lipinski definition) is 5. The minimum absolute atomic E-state index is 0.0791. The third-order valence-corrected chi connectivity index (χ3v) is 2.59. The van der Waals surface area contributed by atoms with Gasteiger partial charge in [-0.2, -0.15) is 0 Å². The molecule has 0 radical (unpaired) electrons. The van der Waals surface area contributed by atoms with Crippen LogP contribution in [-0.4, -0.2) is 42.7 Å². The summed E-state index contributed by atoms with van der Waals surface area (Å²) in [6.07, 6.45) is 1.43. The van der Waals surface area contributed by atoms with Crippen molar-refractivity contribution in [2.75, 3.05) is 31.2 Å². The molecular formula is C13H20N2O3. The highest BCUT2D eigenvalue weighted by Gasteiger charge is 2.05. The number of rotatable bonds is 7. The van der Waals surface area contributed by atoms with E-state index in [1.807, 2.05) is 6.07 Å². The second kappa shape index (κ2) is 7.55. The maximum absolute atomic E-state index is 9.86. The average molecular weight is 252 g/mol. The Morgan fingerprint density at radius 3 is 2.61 bits per heavy atom. The molecule has 2 N–H and O–H groups in total. The SMILES string of the molecule is CCN(CC)c1ccc(/C=N/OCCO)c(O)c1. The van der Waals surface area contributed by atoms with Crippen LogP contribution in [0.4, 0.5) is 5.69 Å². The molecule has 0 atom stereocenters. The van der Waals surface area contributed by atoms with Crippen molar-refractivity contribution in [1.29, 1.82) is 0 Å². The molecule has 0 aliphatic heterocycles. The van der Waals surface area contributed by atoms with Gasteiger partial charge < -0.3 is 20.0 Å². The van der Waals surface area contributed by atoms with Crippen LogP contribution < -0.4 is 4.90 Å². The Morgan fingerprint density at radius 1 is 1.33 bits per heavy atom. The fourth-order valence-corrected chi connectivity index (χ4v) is 1.61. The molecule has 0 aromatic heterocycles. The third kappa shape index (κ3) is 3.92. The summed E-state index contributed by atoms with van der Waals surface area (Å²) >= 11 is 0. The van der Waals surface area contributed by atoms with Gasteiger partial charge in [0.15, 0.2) is 0 Å². The van der Waals surface area contributed by atoms with Gasteiger partial charge in [-0.25, -0.2) is 0 Å². The number of nitrogens with zero attached hydrogens (tertiary/aromatic N) is 2. The second-order valence-corrected chi connectivity index (χ2v) is 3.71. The number of hydrogen-bond donors (Lipinski definition) is 2. The Kier molecular flexibility index (Phi) is 6.00. The van der Waals surface area contributed by atoms with Crippen LogP contribution >= 0.6 is 0 Å². The lowest BCUT2D eigenvalue weighted by molar-refractivity contribution is 0.0997. The van der Waals surface area contributed by atoms with E-state index in [9.17, 15) is 5.11 Å². The third-order valence-electron chi connectivity index (χ3n) is 2.59. The van der Waals surface area contributed by atoms with E-state index in [0.29, 0.717) is 5.56 Å². The van der Waals surface area contributed by atoms with Crippen molar-refractivity contribution >= 4 is 11.9 Å². The standard InChI is InChI=1S/C13H20N2O3/c1-3-15(4-2)12-6-5-11(13(17)9-12)10-14-18-8-7-16/h5-6,9-10,16-17H,3-4,7-8H2,1-2H3/b14-10+. The van der Waals surface area contributed by atoms with Gasteiger partial charge in [0, 0.05) is 30.4 Å². The van der Waals surface area contributed by atoms with Crippen LogP contribution in [0.5, 0.6) is 5.75 Å². The summed E-state index contributed by atoms with van der Waals surface area (Å²) in [5.41, 5.74) is 1.56. The van der Waals surface area contributed by atoms with Crippen LogP contribution in [0.25, 0.3) is 0 Å². The molecule has 0 amide bonds. The van der Waals surface area contributed by atoms with Gasteiger partial charge >= 0.3 is 0 Å². The molecule has 1 aromatic carbocycles. The van der Waals surface area contributed by atoms with Crippen LogP contribution in [0.3, 0.4) is 0 Å². The molecule has 1 rings (SSSR count). The zero-order chi connectivity index (χ0) is 13.4. The van der Waals surface area contributed by atoms with Crippen molar-refractivity contribution in [3.8, 4) is 5.75 Å². The first-order chi connectivity index (χ1) is 8.72. The summed E-state index contributed by atoms with van der Waals surface area (Å²) in [6, 6.07) is 5.43. The van der Waals surface area contributed by atoms with Crippen LogP contribution in [0.2, 0.25) is 0 Å². The fourth-order valence-electron chi connectivity index (χ4n) is 1.61. The van der Waals surface area contributed by atoms with Crippen molar-refractivity contribution in [2.24, 2.45) is 5.16 Å². The first-order valence-corrected chi connectivity index (χ1v) is 6.07. The van der Waals surface area contributed by atoms with E-state index in [1.54, 1.807) is 12.1 Å². The number of aromatic hydroxyl groups is 1. The summed E-state index contributed by atoms with van der Waals surface area (Å²) in [4.78, 5) is 6.90. The summed E-state index contributed by atoms with van der Waals surface area (Å²) in [5.74, 6) is 0.163. The molecule has 0 heterocycles. The predicted octanol–water partition coefficient (Wildman–Crippen LogP) is 1.58.